The zero-order valence-electron chi connectivity index (χ0n) is 6.33. The van der Waals surface area contributed by atoms with Crippen LogP contribution >= 0.6 is 0 Å². The Morgan fingerprint density at radius 1 is 1.64 bits per heavy atom. The number of hydrogen-bond donors (Lipinski definition) is 4. The molecule has 2 aliphatic rings. The Hall–Kier alpha value is -0.160. The number of nitrogens with one attached hydrogen (secondary N) is 1. The molecule has 0 bridgehead atoms. The third kappa shape index (κ3) is 1.27. The summed E-state index contributed by atoms with van der Waals surface area (Å²) in [5.74, 6) is 0. The fourth-order valence-electron chi connectivity index (χ4n) is 1.35. The molecule has 0 aromatic rings. The zero-order valence-corrected chi connectivity index (χ0v) is 6.33. The minimum atomic E-state index is -0.678. The number of aliphatic hydroxyl groups is 2. The normalized spacial score (nSPS) is 54.3. The van der Waals surface area contributed by atoms with Crippen molar-refractivity contribution in [3.05, 3.63) is 0 Å². The molecule has 4 nitrogen and oxygen atoms in total. The van der Waals surface area contributed by atoms with Crippen molar-refractivity contribution < 1.29 is 10.2 Å². The van der Waals surface area contributed by atoms with Crippen LogP contribution in [-0.4, -0.2) is 40.5 Å². The van der Waals surface area contributed by atoms with E-state index in [-0.39, 0.29) is 18.2 Å². The molecule has 0 spiro atoms. The van der Waals surface area contributed by atoms with Gasteiger partial charge in [-0.05, 0) is 12.8 Å². The molecule has 2 fully saturated rings. The standard InChI is InChI=1S/C7H14N2O2/c8-3-7(11)2-6(7)9-4-1-5(4)10/h4-6,9-11H,1-3,8H2. The summed E-state index contributed by atoms with van der Waals surface area (Å²) in [6.07, 6.45) is 1.35. The third-order valence-electron chi connectivity index (χ3n) is 2.57. The fourth-order valence-corrected chi connectivity index (χ4v) is 1.35. The minimum absolute atomic E-state index is 0.120. The van der Waals surface area contributed by atoms with Crippen molar-refractivity contribution in [3.8, 4) is 0 Å². The molecule has 4 heteroatoms. The summed E-state index contributed by atoms with van der Waals surface area (Å²) >= 11 is 0. The number of aliphatic hydroxyl groups excluding tert-OH is 1. The largest absolute Gasteiger partial charge is 0.391 e. The van der Waals surface area contributed by atoms with Gasteiger partial charge < -0.3 is 21.3 Å². The first kappa shape index (κ1) is 7.49. The minimum Gasteiger partial charge on any atom is -0.391 e. The summed E-state index contributed by atoms with van der Waals surface area (Å²) < 4.78 is 0. The van der Waals surface area contributed by atoms with Crippen molar-refractivity contribution in [2.45, 2.75) is 36.6 Å². The van der Waals surface area contributed by atoms with Crippen molar-refractivity contribution in [1.82, 2.24) is 5.32 Å². The maximum absolute atomic E-state index is 9.49. The summed E-state index contributed by atoms with van der Waals surface area (Å²) in [6.45, 7) is 0.313. The Balaban J connectivity index is 1.75. The Morgan fingerprint density at radius 3 is 2.64 bits per heavy atom. The van der Waals surface area contributed by atoms with Gasteiger partial charge in [0.1, 0.15) is 0 Å². The first-order valence-corrected chi connectivity index (χ1v) is 4.02. The highest BCUT2D eigenvalue weighted by Gasteiger charge is 2.54. The average Bonchev–Trinajstić information content (AvgIpc) is 2.80. The first-order chi connectivity index (χ1) is 5.15. The van der Waals surface area contributed by atoms with Crippen molar-refractivity contribution >= 4 is 0 Å². The Labute approximate surface area is 65.4 Å². The molecular weight excluding hydrogens is 144 g/mol. The van der Waals surface area contributed by atoms with Crippen LogP contribution in [0.1, 0.15) is 12.8 Å². The summed E-state index contributed by atoms with van der Waals surface area (Å²) in [4.78, 5) is 0. The van der Waals surface area contributed by atoms with E-state index in [0.717, 1.165) is 12.8 Å². The second-order valence-corrected chi connectivity index (χ2v) is 3.64. The Bertz CT molecular complexity index is 176. The lowest BCUT2D eigenvalue weighted by Crippen LogP contribution is -2.34. The second-order valence-electron chi connectivity index (χ2n) is 3.64. The van der Waals surface area contributed by atoms with Crippen molar-refractivity contribution in [2.75, 3.05) is 6.54 Å². The molecule has 0 saturated heterocycles. The molecule has 11 heavy (non-hydrogen) atoms. The van der Waals surface area contributed by atoms with Crippen LogP contribution in [0.4, 0.5) is 0 Å². The lowest BCUT2D eigenvalue weighted by atomic mass is 10.3. The van der Waals surface area contributed by atoms with Crippen LogP contribution in [-0.2, 0) is 0 Å². The van der Waals surface area contributed by atoms with Crippen LogP contribution in [0.5, 0.6) is 0 Å². The Kier molecular flexibility index (Phi) is 1.47. The molecule has 2 saturated carbocycles. The van der Waals surface area contributed by atoms with Gasteiger partial charge in [-0.2, -0.15) is 0 Å². The van der Waals surface area contributed by atoms with E-state index in [1.807, 2.05) is 0 Å². The van der Waals surface area contributed by atoms with Crippen LogP contribution in [0.15, 0.2) is 0 Å². The molecule has 0 radical (unpaired) electrons. The molecule has 64 valence electrons. The molecular formula is C7H14N2O2. The number of rotatable bonds is 3. The topological polar surface area (TPSA) is 78.5 Å². The molecule has 0 amide bonds. The predicted octanol–water partition coefficient (Wildman–Crippen LogP) is -1.83. The molecule has 4 atom stereocenters. The Morgan fingerprint density at radius 2 is 2.27 bits per heavy atom. The van der Waals surface area contributed by atoms with Crippen LogP contribution in [0.3, 0.4) is 0 Å². The quantitative estimate of drug-likeness (QED) is 0.389. The van der Waals surface area contributed by atoms with Gasteiger partial charge in [0.15, 0.2) is 0 Å². The van der Waals surface area contributed by atoms with Gasteiger partial charge in [-0.15, -0.1) is 0 Å². The van der Waals surface area contributed by atoms with Gasteiger partial charge in [-0.25, -0.2) is 0 Å². The van der Waals surface area contributed by atoms with Crippen molar-refractivity contribution in [1.29, 1.82) is 0 Å². The van der Waals surface area contributed by atoms with E-state index in [1.165, 1.54) is 0 Å². The van der Waals surface area contributed by atoms with Crippen LogP contribution in [0.2, 0.25) is 0 Å². The predicted molar refractivity (Wildman–Crippen MR) is 40.0 cm³/mol. The van der Waals surface area contributed by atoms with E-state index in [0.29, 0.717) is 6.54 Å². The third-order valence-corrected chi connectivity index (χ3v) is 2.57. The highest BCUT2D eigenvalue weighted by Crippen LogP contribution is 2.37. The number of nitrogens with two attached hydrogens (primary N) is 1. The van der Waals surface area contributed by atoms with Crippen LogP contribution in [0.25, 0.3) is 0 Å². The van der Waals surface area contributed by atoms with E-state index < -0.39 is 5.60 Å². The zero-order chi connectivity index (χ0) is 8.06. The van der Waals surface area contributed by atoms with Gasteiger partial charge in [0.2, 0.25) is 0 Å². The second kappa shape index (κ2) is 2.17. The lowest BCUT2D eigenvalue weighted by Gasteiger charge is -2.06. The van der Waals surface area contributed by atoms with E-state index >= 15 is 0 Å². The summed E-state index contributed by atoms with van der Waals surface area (Å²) in [6, 6.07) is 0.329. The van der Waals surface area contributed by atoms with Gasteiger partial charge in [-0.1, -0.05) is 0 Å². The average molecular weight is 158 g/mol. The molecule has 0 heterocycles. The summed E-state index contributed by atoms with van der Waals surface area (Å²) in [5, 5.41) is 21.6. The molecule has 0 aromatic heterocycles. The van der Waals surface area contributed by atoms with Crippen molar-refractivity contribution in [3.63, 3.8) is 0 Å². The SMILES string of the molecule is NCC1(O)CC1NC1CC1O. The molecule has 2 aliphatic carbocycles. The number of hydrogen-bond acceptors (Lipinski definition) is 4. The monoisotopic (exact) mass is 158 g/mol. The van der Waals surface area contributed by atoms with Gasteiger partial charge in [0.05, 0.1) is 11.7 Å². The van der Waals surface area contributed by atoms with E-state index in [4.69, 9.17) is 10.8 Å². The van der Waals surface area contributed by atoms with Gasteiger partial charge in [-0.3, -0.25) is 0 Å². The highest BCUT2D eigenvalue weighted by molar-refractivity contribution is 5.13. The van der Waals surface area contributed by atoms with E-state index in [2.05, 4.69) is 5.32 Å². The molecule has 4 unspecified atom stereocenters. The van der Waals surface area contributed by atoms with E-state index in [1.54, 1.807) is 0 Å². The molecule has 2 rings (SSSR count). The summed E-state index contributed by atoms with van der Waals surface area (Å²) in [7, 11) is 0. The van der Waals surface area contributed by atoms with Crippen LogP contribution < -0.4 is 11.1 Å². The van der Waals surface area contributed by atoms with Gasteiger partial charge in [0.25, 0.3) is 0 Å². The maximum Gasteiger partial charge on any atom is 0.0938 e. The smallest absolute Gasteiger partial charge is 0.0938 e. The molecule has 0 aromatic carbocycles. The first-order valence-electron chi connectivity index (χ1n) is 4.02. The fraction of sp³-hybridized carbons (Fsp3) is 1.00. The maximum atomic E-state index is 9.49. The molecule has 0 aliphatic heterocycles. The molecule has 5 N–H and O–H groups in total. The lowest BCUT2D eigenvalue weighted by molar-refractivity contribution is 0.144. The summed E-state index contributed by atoms with van der Waals surface area (Å²) in [5.41, 5.74) is 4.66. The van der Waals surface area contributed by atoms with Crippen LogP contribution in [0, 0.1) is 0 Å². The van der Waals surface area contributed by atoms with Gasteiger partial charge in [0, 0.05) is 18.6 Å². The highest BCUT2D eigenvalue weighted by atomic mass is 16.3. The van der Waals surface area contributed by atoms with Gasteiger partial charge >= 0.3 is 0 Å². The van der Waals surface area contributed by atoms with E-state index in [9.17, 15) is 5.11 Å². The van der Waals surface area contributed by atoms with Crippen molar-refractivity contribution in [2.24, 2.45) is 5.73 Å².